The third-order valence-corrected chi connectivity index (χ3v) is 5.39. The van der Waals surface area contributed by atoms with Gasteiger partial charge in [0.15, 0.2) is 11.5 Å². The number of hydrogen-bond donors (Lipinski definition) is 2. The molecule has 1 amide bonds. The first-order valence-electron chi connectivity index (χ1n) is 9.73. The van der Waals surface area contributed by atoms with Gasteiger partial charge >= 0.3 is 0 Å². The zero-order valence-electron chi connectivity index (χ0n) is 17.0. The lowest BCUT2D eigenvalue weighted by atomic mass is 10.0. The van der Waals surface area contributed by atoms with E-state index in [9.17, 15) is 9.59 Å². The molecule has 1 unspecified atom stereocenters. The number of amides is 1. The normalized spacial score (nSPS) is 17.3. The Labute approximate surface area is 180 Å². The van der Waals surface area contributed by atoms with Crippen LogP contribution in [0.5, 0.6) is 17.2 Å². The van der Waals surface area contributed by atoms with Crippen LogP contribution in [0.1, 0.15) is 21.6 Å². The predicted molar refractivity (Wildman–Crippen MR) is 115 cm³/mol. The zero-order chi connectivity index (χ0) is 20.4. The van der Waals surface area contributed by atoms with Gasteiger partial charge in [0, 0.05) is 43.4 Å². The molecule has 9 heteroatoms. The Morgan fingerprint density at radius 2 is 2.03 bits per heavy atom. The molecule has 3 heterocycles. The first-order chi connectivity index (χ1) is 14.1. The average Bonchev–Trinajstić information content (AvgIpc) is 2.99. The minimum atomic E-state index is -0.257. The summed E-state index contributed by atoms with van der Waals surface area (Å²) < 4.78 is 18.3. The first-order valence-corrected chi connectivity index (χ1v) is 9.73. The Kier molecular flexibility index (Phi) is 6.89. The van der Waals surface area contributed by atoms with Gasteiger partial charge in [-0.2, -0.15) is 0 Å². The number of carbonyl (C=O) groups is 1. The Morgan fingerprint density at radius 1 is 1.23 bits per heavy atom. The molecule has 0 aliphatic carbocycles. The van der Waals surface area contributed by atoms with Crippen molar-refractivity contribution >= 4 is 18.3 Å². The highest BCUT2D eigenvalue weighted by Gasteiger charge is 2.28. The van der Waals surface area contributed by atoms with Crippen molar-refractivity contribution < 1.29 is 19.0 Å². The van der Waals surface area contributed by atoms with Crippen LogP contribution in [0.2, 0.25) is 0 Å². The number of pyridine rings is 1. The van der Waals surface area contributed by atoms with E-state index in [0.29, 0.717) is 61.8 Å². The van der Waals surface area contributed by atoms with Crippen LogP contribution in [-0.4, -0.2) is 50.4 Å². The average molecular weight is 436 g/mol. The molecule has 0 fully saturated rings. The number of ether oxygens (including phenoxy) is 3. The molecule has 0 saturated heterocycles. The van der Waals surface area contributed by atoms with E-state index in [4.69, 9.17) is 14.2 Å². The van der Waals surface area contributed by atoms with Crippen LogP contribution in [0.3, 0.4) is 0 Å². The van der Waals surface area contributed by atoms with Gasteiger partial charge in [-0.15, -0.1) is 12.4 Å². The lowest BCUT2D eigenvalue weighted by Gasteiger charge is -2.28. The van der Waals surface area contributed by atoms with Crippen LogP contribution in [0, 0.1) is 0 Å². The number of methoxy groups -OCH3 is 2. The smallest absolute Gasteiger partial charge is 0.257 e. The number of nitrogens with zero attached hydrogens (tertiary/aromatic N) is 1. The summed E-state index contributed by atoms with van der Waals surface area (Å²) in [5, 5.41) is 6.32. The van der Waals surface area contributed by atoms with Gasteiger partial charge in [0.25, 0.3) is 11.5 Å². The number of halogens is 1. The molecule has 0 spiro atoms. The van der Waals surface area contributed by atoms with Crippen molar-refractivity contribution in [2.45, 2.75) is 25.4 Å². The molecule has 2 aliphatic heterocycles. The number of nitrogens with one attached hydrogen (secondary N) is 2. The summed E-state index contributed by atoms with van der Waals surface area (Å²) in [4.78, 5) is 25.7. The SMILES string of the molecule is COc1cccc2c1OCC(NC(=O)c1c(OC)cc(=O)n3c1CCNCC3)C2.Cl. The number of hydrogen-bond acceptors (Lipinski definition) is 6. The van der Waals surface area contributed by atoms with Gasteiger partial charge in [0.05, 0.1) is 20.3 Å². The van der Waals surface area contributed by atoms with Gasteiger partial charge in [-0.25, -0.2) is 0 Å². The van der Waals surface area contributed by atoms with Crippen LogP contribution in [-0.2, 0) is 19.4 Å². The van der Waals surface area contributed by atoms with Crippen LogP contribution in [0.4, 0.5) is 0 Å². The Hall–Kier alpha value is -2.71. The van der Waals surface area contributed by atoms with E-state index in [0.717, 1.165) is 11.3 Å². The van der Waals surface area contributed by atoms with E-state index in [1.807, 2.05) is 18.2 Å². The molecule has 30 heavy (non-hydrogen) atoms. The van der Waals surface area contributed by atoms with Crippen molar-refractivity contribution in [2.24, 2.45) is 0 Å². The van der Waals surface area contributed by atoms with E-state index in [1.165, 1.54) is 13.2 Å². The fraction of sp³-hybridized carbons (Fsp3) is 0.429. The summed E-state index contributed by atoms with van der Waals surface area (Å²) in [6, 6.07) is 6.93. The van der Waals surface area contributed by atoms with E-state index >= 15 is 0 Å². The van der Waals surface area contributed by atoms with Gasteiger partial charge < -0.3 is 29.4 Å². The molecule has 4 rings (SSSR count). The number of carbonyl (C=O) groups excluding carboxylic acids is 1. The van der Waals surface area contributed by atoms with Crippen molar-refractivity contribution in [3.05, 3.63) is 51.4 Å². The molecule has 2 N–H and O–H groups in total. The van der Waals surface area contributed by atoms with Crippen molar-refractivity contribution in [3.63, 3.8) is 0 Å². The molecule has 0 radical (unpaired) electrons. The van der Waals surface area contributed by atoms with Gasteiger partial charge in [-0.3, -0.25) is 9.59 Å². The fourth-order valence-corrected chi connectivity index (χ4v) is 4.01. The number of para-hydroxylation sites is 1. The van der Waals surface area contributed by atoms with E-state index in [1.54, 1.807) is 11.7 Å². The predicted octanol–water partition coefficient (Wildman–Crippen LogP) is 1.17. The molecule has 162 valence electrons. The lowest BCUT2D eigenvalue weighted by molar-refractivity contribution is 0.0909. The molecular formula is C21H26ClN3O5. The molecular weight excluding hydrogens is 410 g/mol. The second-order valence-electron chi connectivity index (χ2n) is 7.16. The summed E-state index contributed by atoms with van der Waals surface area (Å²) in [5.74, 6) is 1.46. The monoisotopic (exact) mass is 435 g/mol. The summed E-state index contributed by atoms with van der Waals surface area (Å²) >= 11 is 0. The quantitative estimate of drug-likeness (QED) is 0.749. The minimum absolute atomic E-state index is 0. The Balaban J connectivity index is 0.00000256. The topological polar surface area (TPSA) is 90.8 Å². The second-order valence-corrected chi connectivity index (χ2v) is 7.16. The number of rotatable bonds is 4. The second kappa shape index (κ2) is 9.40. The largest absolute Gasteiger partial charge is 0.496 e. The minimum Gasteiger partial charge on any atom is -0.496 e. The first kappa shape index (κ1) is 22.0. The number of fused-ring (bicyclic) bond motifs is 2. The van der Waals surface area contributed by atoms with Crippen molar-refractivity contribution in [3.8, 4) is 17.2 Å². The van der Waals surface area contributed by atoms with Gasteiger partial charge in [-0.05, 0) is 12.5 Å². The molecule has 0 bridgehead atoms. The summed E-state index contributed by atoms with van der Waals surface area (Å²) in [6.07, 6.45) is 1.22. The van der Waals surface area contributed by atoms with Crippen molar-refractivity contribution in [1.82, 2.24) is 15.2 Å². The maximum atomic E-state index is 13.2. The molecule has 0 saturated carbocycles. The molecule has 8 nitrogen and oxygen atoms in total. The molecule has 1 atom stereocenters. The van der Waals surface area contributed by atoms with Gasteiger partial charge in [0.1, 0.15) is 17.9 Å². The standard InChI is InChI=1S/C21H25N3O5.ClH/c1-27-16-5-3-4-13-10-14(12-29-20(13)16)23-21(26)19-15-6-7-22-8-9-24(15)18(25)11-17(19)28-2;/h3-5,11,14,22H,6-10,12H2,1-2H3,(H,23,26);1H. The molecule has 2 aliphatic rings. The summed E-state index contributed by atoms with van der Waals surface area (Å²) in [5.41, 5.74) is 1.96. The zero-order valence-corrected chi connectivity index (χ0v) is 17.8. The highest BCUT2D eigenvalue weighted by molar-refractivity contribution is 5.98. The fourth-order valence-electron chi connectivity index (χ4n) is 4.01. The van der Waals surface area contributed by atoms with Gasteiger partial charge in [0.2, 0.25) is 0 Å². The Morgan fingerprint density at radius 3 is 2.80 bits per heavy atom. The number of benzene rings is 1. The molecule has 1 aromatic heterocycles. The van der Waals surface area contributed by atoms with Crippen LogP contribution in [0.25, 0.3) is 0 Å². The lowest BCUT2D eigenvalue weighted by Crippen LogP contribution is -2.43. The van der Waals surface area contributed by atoms with E-state index < -0.39 is 0 Å². The maximum absolute atomic E-state index is 13.2. The highest BCUT2D eigenvalue weighted by atomic mass is 35.5. The molecule has 2 aromatic rings. The highest BCUT2D eigenvalue weighted by Crippen LogP contribution is 2.34. The molecule has 1 aromatic carbocycles. The summed E-state index contributed by atoms with van der Waals surface area (Å²) in [6.45, 7) is 2.26. The Bertz CT molecular complexity index is 991. The third kappa shape index (κ3) is 4.11. The van der Waals surface area contributed by atoms with Gasteiger partial charge in [-0.1, -0.05) is 12.1 Å². The van der Waals surface area contributed by atoms with Crippen molar-refractivity contribution in [2.75, 3.05) is 33.9 Å². The van der Waals surface area contributed by atoms with Crippen LogP contribution in [0.15, 0.2) is 29.1 Å². The van der Waals surface area contributed by atoms with E-state index in [-0.39, 0.29) is 29.9 Å². The summed E-state index contributed by atoms with van der Waals surface area (Å²) in [7, 11) is 3.08. The number of aromatic nitrogens is 1. The van der Waals surface area contributed by atoms with E-state index in [2.05, 4.69) is 10.6 Å². The van der Waals surface area contributed by atoms with Crippen LogP contribution >= 0.6 is 12.4 Å². The van der Waals surface area contributed by atoms with Crippen molar-refractivity contribution in [1.29, 1.82) is 0 Å². The third-order valence-electron chi connectivity index (χ3n) is 5.39. The van der Waals surface area contributed by atoms with Crippen LogP contribution < -0.4 is 30.4 Å². The maximum Gasteiger partial charge on any atom is 0.257 e.